The van der Waals surface area contributed by atoms with Gasteiger partial charge in [0.2, 0.25) is 0 Å². The highest BCUT2D eigenvalue weighted by Crippen LogP contribution is 2.17. The standard InChI is InChI=1S/C19H23ClN4O/c20-15-6-4-5-14(11-15)9-10-21-18-13-22-17(12-23-18)19(25)24-16-7-2-1-3-8-16/h4-6,11-13,16H,1-3,7-10H2,(H,21,23)(H,24,25). The van der Waals surface area contributed by atoms with Gasteiger partial charge in [0.15, 0.2) is 0 Å². The fraction of sp³-hybridized carbons (Fsp3) is 0.421. The van der Waals surface area contributed by atoms with E-state index in [1.54, 1.807) is 6.20 Å². The van der Waals surface area contributed by atoms with Crippen molar-refractivity contribution in [3.63, 3.8) is 0 Å². The molecular formula is C19H23ClN4O. The van der Waals surface area contributed by atoms with Crippen LogP contribution in [0.3, 0.4) is 0 Å². The van der Waals surface area contributed by atoms with Crippen LogP contribution in [0.15, 0.2) is 36.7 Å². The quantitative estimate of drug-likeness (QED) is 0.823. The second-order valence-electron chi connectivity index (χ2n) is 6.40. The van der Waals surface area contributed by atoms with Crippen molar-refractivity contribution in [3.8, 4) is 0 Å². The number of rotatable bonds is 6. The molecule has 1 heterocycles. The van der Waals surface area contributed by atoms with Crippen molar-refractivity contribution in [1.29, 1.82) is 0 Å². The van der Waals surface area contributed by atoms with Gasteiger partial charge >= 0.3 is 0 Å². The van der Waals surface area contributed by atoms with Gasteiger partial charge in [-0.1, -0.05) is 43.0 Å². The first-order chi connectivity index (χ1) is 12.2. The first-order valence-corrected chi connectivity index (χ1v) is 9.20. The van der Waals surface area contributed by atoms with E-state index >= 15 is 0 Å². The van der Waals surface area contributed by atoms with Gasteiger partial charge in [0.1, 0.15) is 11.5 Å². The predicted molar refractivity (Wildman–Crippen MR) is 100 cm³/mol. The van der Waals surface area contributed by atoms with E-state index in [2.05, 4.69) is 20.6 Å². The van der Waals surface area contributed by atoms with Crippen molar-refractivity contribution < 1.29 is 4.79 Å². The summed E-state index contributed by atoms with van der Waals surface area (Å²) in [5.74, 6) is 0.529. The summed E-state index contributed by atoms with van der Waals surface area (Å²) in [6.45, 7) is 0.725. The van der Waals surface area contributed by atoms with E-state index in [4.69, 9.17) is 11.6 Å². The van der Waals surface area contributed by atoms with E-state index in [-0.39, 0.29) is 11.9 Å². The summed E-state index contributed by atoms with van der Waals surface area (Å²) in [6.07, 6.45) is 9.73. The molecule has 2 aromatic rings. The fourth-order valence-electron chi connectivity index (χ4n) is 3.07. The molecule has 0 saturated heterocycles. The molecule has 2 N–H and O–H groups in total. The molecule has 0 spiro atoms. The van der Waals surface area contributed by atoms with Crippen molar-refractivity contribution in [1.82, 2.24) is 15.3 Å². The molecule has 0 unspecified atom stereocenters. The maximum atomic E-state index is 12.2. The van der Waals surface area contributed by atoms with Gasteiger partial charge in [-0.25, -0.2) is 9.97 Å². The van der Waals surface area contributed by atoms with Crippen LogP contribution in [0.1, 0.15) is 48.2 Å². The van der Waals surface area contributed by atoms with E-state index in [1.807, 2.05) is 24.3 Å². The van der Waals surface area contributed by atoms with Crippen molar-refractivity contribution in [2.45, 2.75) is 44.6 Å². The van der Waals surface area contributed by atoms with Crippen LogP contribution in [0.5, 0.6) is 0 Å². The number of hydrogen-bond donors (Lipinski definition) is 2. The van der Waals surface area contributed by atoms with Crippen molar-refractivity contribution in [2.75, 3.05) is 11.9 Å². The summed E-state index contributed by atoms with van der Waals surface area (Å²) in [6, 6.07) is 8.07. The van der Waals surface area contributed by atoms with Crippen LogP contribution in [0, 0.1) is 0 Å². The summed E-state index contributed by atoms with van der Waals surface area (Å²) in [7, 11) is 0. The van der Waals surface area contributed by atoms with E-state index in [9.17, 15) is 4.79 Å². The highest BCUT2D eigenvalue weighted by Gasteiger charge is 2.17. The van der Waals surface area contributed by atoms with Gasteiger partial charge in [-0.15, -0.1) is 0 Å². The van der Waals surface area contributed by atoms with E-state index in [0.29, 0.717) is 11.5 Å². The highest BCUT2D eigenvalue weighted by molar-refractivity contribution is 6.30. The maximum Gasteiger partial charge on any atom is 0.271 e. The minimum absolute atomic E-state index is 0.134. The van der Waals surface area contributed by atoms with Crippen LogP contribution in [-0.4, -0.2) is 28.5 Å². The SMILES string of the molecule is O=C(NC1CCCCC1)c1cnc(NCCc2cccc(Cl)c2)cn1. The lowest BCUT2D eigenvalue weighted by atomic mass is 9.95. The molecule has 1 fully saturated rings. The number of nitrogens with zero attached hydrogens (tertiary/aromatic N) is 2. The molecule has 1 aliphatic rings. The molecular weight excluding hydrogens is 336 g/mol. The van der Waals surface area contributed by atoms with Crippen LogP contribution in [-0.2, 0) is 6.42 Å². The predicted octanol–water partition coefficient (Wildman–Crippen LogP) is 3.85. The van der Waals surface area contributed by atoms with Crippen LogP contribution >= 0.6 is 11.6 Å². The van der Waals surface area contributed by atoms with Crippen LogP contribution in [0.25, 0.3) is 0 Å². The van der Waals surface area contributed by atoms with Gasteiger partial charge < -0.3 is 10.6 Å². The van der Waals surface area contributed by atoms with Crippen molar-refractivity contribution in [3.05, 3.63) is 52.9 Å². The second kappa shape index (κ2) is 8.81. The first-order valence-electron chi connectivity index (χ1n) is 8.82. The van der Waals surface area contributed by atoms with Crippen molar-refractivity contribution in [2.24, 2.45) is 0 Å². The summed E-state index contributed by atoms with van der Waals surface area (Å²) in [4.78, 5) is 20.7. The number of carbonyl (C=O) groups is 1. The number of nitrogens with one attached hydrogen (secondary N) is 2. The number of aromatic nitrogens is 2. The molecule has 0 atom stereocenters. The molecule has 3 rings (SSSR count). The number of halogens is 1. The highest BCUT2D eigenvalue weighted by atomic mass is 35.5. The second-order valence-corrected chi connectivity index (χ2v) is 6.84. The van der Waals surface area contributed by atoms with Gasteiger partial charge in [-0.05, 0) is 37.0 Å². The third-order valence-corrected chi connectivity index (χ3v) is 4.67. The van der Waals surface area contributed by atoms with Crippen molar-refractivity contribution >= 4 is 23.3 Å². The zero-order chi connectivity index (χ0) is 17.5. The Morgan fingerprint density at radius 2 is 2.00 bits per heavy atom. The summed E-state index contributed by atoms with van der Waals surface area (Å²) in [5.41, 5.74) is 1.53. The van der Waals surface area contributed by atoms with Gasteiger partial charge in [-0.2, -0.15) is 0 Å². The number of hydrogen-bond acceptors (Lipinski definition) is 4. The number of amides is 1. The van der Waals surface area contributed by atoms with Crippen LogP contribution in [0.4, 0.5) is 5.82 Å². The minimum Gasteiger partial charge on any atom is -0.368 e. The third kappa shape index (κ3) is 5.43. The smallest absolute Gasteiger partial charge is 0.271 e. The molecule has 0 bridgehead atoms. The molecule has 1 aromatic carbocycles. The first kappa shape index (κ1) is 17.7. The largest absolute Gasteiger partial charge is 0.368 e. The third-order valence-electron chi connectivity index (χ3n) is 4.43. The zero-order valence-electron chi connectivity index (χ0n) is 14.2. The number of benzene rings is 1. The molecule has 5 nitrogen and oxygen atoms in total. The zero-order valence-corrected chi connectivity index (χ0v) is 14.9. The lowest BCUT2D eigenvalue weighted by Gasteiger charge is -2.22. The summed E-state index contributed by atoms with van der Waals surface area (Å²) < 4.78 is 0. The minimum atomic E-state index is -0.134. The molecule has 0 aliphatic heterocycles. The van der Waals surface area contributed by atoms with E-state index in [0.717, 1.165) is 36.4 Å². The average Bonchev–Trinajstić information content (AvgIpc) is 2.63. The molecule has 1 aliphatic carbocycles. The molecule has 1 aromatic heterocycles. The fourth-order valence-corrected chi connectivity index (χ4v) is 3.28. The summed E-state index contributed by atoms with van der Waals surface area (Å²) >= 11 is 5.98. The van der Waals surface area contributed by atoms with Gasteiger partial charge in [-0.3, -0.25) is 4.79 Å². The number of carbonyl (C=O) groups excluding carboxylic acids is 1. The Balaban J connectivity index is 1.47. The Bertz CT molecular complexity index is 699. The normalized spacial score (nSPS) is 14.9. The maximum absolute atomic E-state index is 12.2. The Morgan fingerprint density at radius 1 is 1.16 bits per heavy atom. The number of anilines is 1. The molecule has 1 amide bonds. The van der Waals surface area contributed by atoms with Crippen LogP contribution < -0.4 is 10.6 Å². The van der Waals surface area contributed by atoms with Gasteiger partial charge in [0, 0.05) is 17.6 Å². The molecule has 25 heavy (non-hydrogen) atoms. The average molecular weight is 359 g/mol. The van der Waals surface area contributed by atoms with Crippen LogP contribution in [0.2, 0.25) is 5.02 Å². The molecule has 6 heteroatoms. The van der Waals surface area contributed by atoms with E-state index < -0.39 is 0 Å². The molecule has 0 radical (unpaired) electrons. The monoisotopic (exact) mass is 358 g/mol. The molecule has 132 valence electrons. The lowest BCUT2D eigenvalue weighted by Crippen LogP contribution is -2.36. The van der Waals surface area contributed by atoms with E-state index in [1.165, 1.54) is 25.5 Å². The molecule has 1 saturated carbocycles. The van der Waals surface area contributed by atoms with Gasteiger partial charge in [0.05, 0.1) is 12.4 Å². The Hall–Kier alpha value is -2.14. The Kier molecular flexibility index (Phi) is 6.23. The Morgan fingerprint density at radius 3 is 2.72 bits per heavy atom. The Labute approximate surface area is 153 Å². The summed E-state index contributed by atoms with van der Waals surface area (Å²) in [5, 5.41) is 7.00. The topological polar surface area (TPSA) is 66.9 Å². The lowest BCUT2D eigenvalue weighted by molar-refractivity contribution is 0.0922. The van der Waals surface area contributed by atoms with Gasteiger partial charge in [0.25, 0.3) is 5.91 Å².